The van der Waals surface area contributed by atoms with Crippen molar-refractivity contribution in [1.82, 2.24) is 4.90 Å². The molecular weight excluding hydrogens is 378 g/mol. The molecule has 2 amide bonds. The Labute approximate surface area is 167 Å². The van der Waals surface area contributed by atoms with Gasteiger partial charge in [-0.1, -0.05) is 12.8 Å². The topological polar surface area (TPSA) is 104 Å². The van der Waals surface area contributed by atoms with E-state index in [1.807, 2.05) is 0 Å². The average Bonchev–Trinajstić information content (AvgIpc) is 3.19. The van der Waals surface area contributed by atoms with Crippen molar-refractivity contribution in [3.8, 4) is 0 Å². The Morgan fingerprint density at radius 1 is 1.21 bits per heavy atom. The molecule has 3 aliphatic rings. The summed E-state index contributed by atoms with van der Waals surface area (Å²) in [5, 5.41) is 9.45. The summed E-state index contributed by atoms with van der Waals surface area (Å²) < 4.78 is 0. The summed E-state index contributed by atoms with van der Waals surface area (Å²) in [5.74, 6) is -0.818. The van der Waals surface area contributed by atoms with Crippen molar-refractivity contribution in [3.63, 3.8) is 0 Å². The molecule has 3 N–H and O–H groups in total. The van der Waals surface area contributed by atoms with E-state index in [4.69, 9.17) is 5.73 Å². The number of carboxylic acid groups (broad SMARTS) is 1. The van der Waals surface area contributed by atoms with Crippen molar-refractivity contribution in [2.45, 2.75) is 44.0 Å². The van der Waals surface area contributed by atoms with Gasteiger partial charge in [-0.3, -0.25) is 19.4 Å². The van der Waals surface area contributed by atoms with E-state index in [1.165, 1.54) is 16.7 Å². The van der Waals surface area contributed by atoms with Crippen LogP contribution in [0, 0.1) is 5.92 Å². The zero-order valence-electron chi connectivity index (χ0n) is 15.6. The van der Waals surface area contributed by atoms with E-state index in [0.717, 1.165) is 31.3 Å². The van der Waals surface area contributed by atoms with E-state index in [-0.39, 0.29) is 28.8 Å². The fraction of sp³-hybridized carbons (Fsp3) is 0.450. The second-order valence-electron chi connectivity index (χ2n) is 7.50. The number of thioether (sulfide) groups is 1. The zero-order chi connectivity index (χ0) is 20.0. The molecule has 148 valence electrons. The molecule has 1 aromatic carbocycles. The summed E-state index contributed by atoms with van der Waals surface area (Å²) in [6.45, 7) is 1.41. The maximum Gasteiger partial charge on any atom is 0.352 e. The number of β-lactam (4-membered cyclic amide) rings is 1. The smallest absolute Gasteiger partial charge is 0.352 e. The molecule has 2 heterocycles. The minimum absolute atomic E-state index is 0.137. The number of nitrogens with zero attached hydrogens (tertiary/aromatic N) is 2. The number of aliphatic carboxylic acids is 1. The lowest BCUT2D eigenvalue weighted by molar-refractivity contribution is -0.149. The highest BCUT2D eigenvalue weighted by atomic mass is 32.2. The van der Waals surface area contributed by atoms with E-state index in [0.29, 0.717) is 17.1 Å². The molecular formula is C20H23N3O4S. The van der Waals surface area contributed by atoms with Crippen molar-refractivity contribution in [2.24, 2.45) is 5.92 Å². The Bertz CT molecular complexity index is 861. The summed E-state index contributed by atoms with van der Waals surface area (Å²) >= 11 is 1.55. The minimum Gasteiger partial charge on any atom is -0.477 e. The van der Waals surface area contributed by atoms with Crippen molar-refractivity contribution in [3.05, 3.63) is 35.5 Å². The second kappa shape index (κ2) is 7.16. The Balaban J connectivity index is 1.67. The lowest BCUT2D eigenvalue weighted by Gasteiger charge is -2.53. The Morgan fingerprint density at radius 2 is 1.86 bits per heavy atom. The molecule has 1 aromatic rings. The van der Waals surface area contributed by atoms with E-state index in [9.17, 15) is 19.5 Å². The van der Waals surface area contributed by atoms with Gasteiger partial charge in [-0.15, -0.1) is 11.8 Å². The number of benzene rings is 1. The maximum atomic E-state index is 13.1. The third kappa shape index (κ3) is 2.96. The zero-order valence-corrected chi connectivity index (χ0v) is 16.4. The van der Waals surface area contributed by atoms with Gasteiger partial charge in [-0.05, 0) is 48.6 Å². The van der Waals surface area contributed by atoms with Gasteiger partial charge in [0, 0.05) is 24.1 Å². The van der Waals surface area contributed by atoms with Crippen LogP contribution in [0.1, 0.15) is 32.6 Å². The predicted octanol–water partition coefficient (Wildman–Crippen LogP) is 2.43. The van der Waals surface area contributed by atoms with Crippen LogP contribution in [0.2, 0.25) is 0 Å². The summed E-state index contributed by atoms with van der Waals surface area (Å²) in [7, 11) is 0. The van der Waals surface area contributed by atoms with Gasteiger partial charge >= 0.3 is 5.97 Å². The van der Waals surface area contributed by atoms with Crippen molar-refractivity contribution < 1.29 is 19.5 Å². The largest absolute Gasteiger partial charge is 0.477 e. The maximum absolute atomic E-state index is 13.1. The minimum atomic E-state index is -1.05. The summed E-state index contributed by atoms with van der Waals surface area (Å²) in [4.78, 5) is 40.3. The standard InChI is InChI=1S/C20H23N3O4S/c1-11(24)22(14-8-6-13(21)7-9-14)17-18(25)23-16(20(26)27)15(10-28-19(17)23)12-4-2-3-5-12/h6-9,12,17,19H,2-5,10,21H2,1H3,(H,26,27)/t17?,19-/m0/s1. The van der Waals surface area contributed by atoms with Gasteiger partial charge in [0.15, 0.2) is 0 Å². The van der Waals surface area contributed by atoms with Gasteiger partial charge < -0.3 is 10.8 Å². The summed E-state index contributed by atoms with van der Waals surface area (Å²) in [6.07, 6.45) is 4.16. The predicted molar refractivity (Wildman–Crippen MR) is 108 cm³/mol. The molecule has 8 heteroatoms. The van der Waals surface area contributed by atoms with Gasteiger partial charge in [0.05, 0.1) is 0 Å². The lowest BCUT2D eigenvalue weighted by Crippen LogP contribution is -2.71. The first-order chi connectivity index (χ1) is 13.4. The van der Waals surface area contributed by atoms with Crippen LogP contribution in [0.3, 0.4) is 0 Å². The number of nitrogen functional groups attached to an aromatic ring is 1. The lowest BCUT2D eigenvalue weighted by atomic mass is 9.93. The van der Waals surface area contributed by atoms with Crippen LogP contribution in [-0.4, -0.2) is 45.0 Å². The van der Waals surface area contributed by atoms with E-state index in [2.05, 4.69) is 0 Å². The molecule has 1 unspecified atom stereocenters. The van der Waals surface area contributed by atoms with E-state index in [1.54, 1.807) is 36.0 Å². The van der Waals surface area contributed by atoms with Crippen LogP contribution in [0.25, 0.3) is 0 Å². The normalized spacial score (nSPS) is 24.8. The van der Waals surface area contributed by atoms with Gasteiger partial charge in [-0.2, -0.15) is 0 Å². The molecule has 2 aliphatic heterocycles. The summed E-state index contributed by atoms with van der Waals surface area (Å²) in [5.41, 5.74) is 7.90. The number of carbonyl (C=O) groups is 3. The summed E-state index contributed by atoms with van der Waals surface area (Å²) in [6, 6.07) is 6.07. The molecule has 1 aliphatic carbocycles. The number of carbonyl (C=O) groups excluding carboxylic acids is 2. The molecule has 28 heavy (non-hydrogen) atoms. The molecule has 4 rings (SSSR count). The van der Waals surface area contributed by atoms with Gasteiger partial charge in [0.1, 0.15) is 17.1 Å². The number of anilines is 2. The van der Waals surface area contributed by atoms with Crippen molar-refractivity contribution in [2.75, 3.05) is 16.4 Å². The van der Waals surface area contributed by atoms with E-state index >= 15 is 0 Å². The molecule has 7 nitrogen and oxygen atoms in total. The molecule has 1 saturated carbocycles. The van der Waals surface area contributed by atoms with Gasteiger partial charge in [0.25, 0.3) is 5.91 Å². The molecule has 0 bridgehead atoms. The quantitative estimate of drug-likeness (QED) is 0.593. The van der Waals surface area contributed by atoms with Crippen LogP contribution in [0.15, 0.2) is 35.5 Å². The number of carboxylic acids is 1. The highest BCUT2D eigenvalue weighted by molar-refractivity contribution is 8.00. The first-order valence-electron chi connectivity index (χ1n) is 9.46. The third-order valence-corrected chi connectivity index (χ3v) is 7.10. The molecule has 1 saturated heterocycles. The number of amides is 2. The molecule has 2 fully saturated rings. The van der Waals surface area contributed by atoms with Crippen LogP contribution in [-0.2, 0) is 14.4 Å². The number of nitrogens with two attached hydrogens (primary N) is 1. The van der Waals surface area contributed by atoms with Crippen LogP contribution >= 0.6 is 11.8 Å². The highest BCUT2D eigenvalue weighted by Crippen LogP contribution is 2.47. The number of fused-ring (bicyclic) bond motifs is 1. The molecule has 0 spiro atoms. The van der Waals surface area contributed by atoms with Gasteiger partial charge in [-0.25, -0.2) is 4.79 Å². The van der Waals surface area contributed by atoms with Crippen LogP contribution < -0.4 is 10.6 Å². The van der Waals surface area contributed by atoms with Crippen LogP contribution in [0.4, 0.5) is 11.4 Å². The monoisotopic (exact) mass is 401 g/mol. The Kier molecular flexibility index (Phi) is 4.82. The molecule has 2 atom stereocenters. The SMILES string of the molecule is CC(=O)N(c1ccc(N)cc1)C1C(=O)N2C(C(=O)O)=C(C3CCCC3)CS[C@@H]12. The number of rotatable bonds is 4. The molecule has 0 aromatic heterocycles. The second-order valence-corrected chi connectivity index (χ2v) is 8.60. The first kappa shape index (κ1) is 18.9. The highest BCUT2D eigenvalue weighted by Gasteiger charge is 2.57. The van der Waals surface area contributed by atoms with Gasteiger partial charge in [0.2, 0.25) is 5.91 Å². The fourth-order valence-electron chi connectivity index (χ4n) is 4.49. The Morgan fingerprint density at radius 3 is 2.43 bits per heavy atom. The average molecular weight is 401 g/mol. The van der Waals surface area contributed by atoms with Crippen molar-refractivity contribution in [1.29, 1.82) is 0 Å². The first-order valence-corrected chi connectivity index (χ1v) is 10.5. The number of hydrogen-bond acceptors (Lipinski definition) is 5. The third-order valence-electron chi connectivity index (χ3n) is 5.81. The molecule has 0 radical (unpaired) electrons. The van der Waals surface area contributed by atoms with Crippen molar-refractivity contribution >= 4 is 40.9 Å². The van der Waals surface area contributed by atoms with Crippen LogP contribution in [0.5, 0.6) is 0 Å². The van der Waals surface area contributed by atoms with E-state index < -0.39 is 12.0 Å². The Hall–Kier alpha value is -2.48. The number of hydrogen-bond donors (Lipinski definition) is 2. The fourth-order valence-corrected chi connectivity index (χ4v) is 5.99.